The highest BCUT2D eigenvalue weighted by Gasteiger charge is 2.17. The van der Waals surface area contributed by atoms with Crippen molar-refractivity contribution in [3.8, 4) is 0 Å². The molecule has 1 atom stereocenters. The Morgan fingerprint density at radius 3 is 3.11 bits per heavy atom. The summed E-state index contributed by atoms with van der Waals surface area (Å²) in [6.07, 6.45) is 4.12. The van der Waals surface area contributed by atoms with Gasteiger partial charge in [0.05, 0.1) is 11.9 Å². The van der Waals surface area contributed by atoms with Gasteiger partial charge in [-0.3, -0.25) is 4.90 Å². The molecule has 0 radical (unpaired) electrons. The molecule has 1 saturated heterocycles. The van der Waals surface area contributed by atoms with E-state index in [9.17, 15) is 0 Å². The Morgan fingerprint density at radius 2 is 2.32 bits per heavy atom. The third kappa shape index (κ3) is 2.91. The Kier molecular flexibility index (Phi) is 4.45. The lowest BCUT2D eigenvalue weighted by Gasteiger charge is -2.31. The lowest BCUT2D eigenvalue weighted by atomic mass is 10.2. The standard InChI is InChI=1S/C14H20N4.ClH/c1-11-4-3-6-18-13(8-16-14(11)18)10-17-7-5-15-12(2)9-17;/h3-4,6,8,12,15H,5,7,9-10H2,1-2H3;1H/t12-;/m0./s1. The Bertz CT molecular complexity index is 551. The van der Waals surface area contributed by atoms with Crippen LogP contribution >= 0.6 is 12.4 Å². The fourth-order valence-electron chi connectivity index (χ4n) is 2.70. The number of fused-ring (bicyclic) bond motifs is 1. The second-order valence-corrected chi connectivity index (χ2v) is 5.22. The maximum atomic E-state index is 4.52. The van der Waals surface area contributed by atoms with E-state index in [1.807, 2.05) is 6.20 Å². The number of halogens is 1. The molecule has 1 N–H and O–H groups in total. The highest BCUT2D eigenvalue weighted by molar-refractivity contribution is 5.85. The van der Waals surface area contributed by atoms with Crippen LogP contribution in [0.15, 0.2) is 24.5 Å². The zero-order valence-electron chi connectivity index (χ0n) is 11.5. The monoisotopic (exact) mass is 280 g/mol. The van der Waals surface area contributed by atoms with Crippen molar-refractivity contribution in [2.24, 2.45) is 0 Å². The molecule has 1 fully saturated rings. The number of hydrogen-bond donors (Lipinski definition) is 1. The highest BCUT2D eigenvalue weighted by atomic mass is 35.5. The minimum Gasteiger partial charge on any atom is -0.312 e. The predicted molar refractivity (Wildman–Crippen MR) is 79.9 cm³/mol. The number of pyridine rings is 1. The molecule has 0 aromatic carbocycles. The summed E-state index contributed by atoms with van der Waals surface area (Å²) in [7, 11) is 0. The lowest BCUT2D eigenvalue weighted by molar-refractivity contribution is 0.197. The molecule has 3 rings (SSSR count). The van der Waals surface area contributed by atoms with Crippen molar-refractivity contribution < 1.29 is 0 Å². The van der Waals surface area contributed by atoms with Crippen molar-refractivity contribution >= 4 is 18.1 Å². The van der Waals surface area contributed by atoms with E-state index in [4.69, 9.17) is 0 Å². The second kappa shape index (κ2) is 5.90. The van der Waals surface area contributed by atoms with Gasteiger partial charge in [-0.1, -0.05) is 6.07 Å². The molecule has 0 unspecified atom stereocenters. The van der Waals surface area contributed by atoms with E-state index in [1.165, 1.54) is 11.3 Å². The van der Waals surface area contributed by atoms with Crippen LogP contribution in [-0.2, 0) is 6.54 Å². The molecule has 19 heavy (non-hydrogen) atoms. The van der Waals surface area contributed by atoms with Crippen LogP contribution in [0.5, 0.6) is 0 Å². The van der Waals surface area contributed by atoms with Gasteiger partial charge in [0.1, 0.15) is 5.65 Å². The van der Waals surface area contributed by atoms with Crippen LogP contribution in [-0.4, -0.2) is 40.0 Å². The fourth-order valence-corrected chi connectivity index (χ4v) is 2.70. The number of hydrogen-bond acceptors (Lipinski definition) is 3. The lowest BCUT2D eigenvalue weighted by Crippen LogP contribution is -2.48. The van der Waals surface area contributed by atoms with Crippen molar-refractivity contribution in [3.63, 3.8) is 0 Å². The molecule has 0 spiro atoms. The molecule has 104 valence electrons. The van der Waals surface area contributed by atoms with Crippen LogP contribution < -0.4 is 5.32 Å². The summed E-state index contributed by atoms with van der Waals surface area (Å²) >= 11 is 0. The van der Waals surface area contributed by atoms with Crippen molar-refractivity contribution in [3.05, 3.63) is 35.8 Å². The minimum atomic E-state index is 0. The number of aryl methyl sites for hydroxylation is 1. The number of imidazole rings is 1. The summed E-state index contributed by atoms with van der Waals surface area (Å²) in [5.74, 6) is 0. The van der Waals surface area contributed by atoms with Gasteiger partial charge < -0.3 is 9.72 Å². The van der Waals surface area contributed by atoms with Crippen molar-refractivity contribution in [2.45, 2.75) is 26.4 Å². The molecule has 0 saturated carbocycles. The summed E-state index contributed by atoms with van der Waals surface area (Å²) in [5, 5.41) is 3.47. The average Bonchev–Trinajstić information content (AvgIpc) is 2.74. The van der Waals surface area contributed by atoms with Crippen molar-refractivity contribution in [1.82, 2.24) is 19.6 Å². The minimum absolute atomic E-state index is 0. The number of aromatic nitrogens is 2. The Labute approximate surface area is 120 Å². The van der Waals surface area contributed by atoms with Gasteiger partial charge in [0.25, 0.3) is 0 Å². The fraction of sp³-hybridized carbons (Fsp3) is 0.500. The van der Waals surface area contributed by atoms with Gasteiger partial charge in [-0.05, 0) is 25.5 Å². The van der Waals surface area contributed by atoms with E-state index in [1.54, 1.807) is 0 Å². The van der Waals surface area contributed by atoms with Gasteiger partial charge in [0.2, 0.25) is 0 Å². The molecule has 0 bridgehead atoms. The second-order valence-electron chi connectivity index (χ2n) is 5.22. The number of piperazine rings is 1. The van der Waals surface area contributed by atoms with E-state index in [0.29, 0.717) is 6.04 Å². The zero-order valence-corrected chi connectivity index (χ0v) is 12.3. The molecular weight excluding hydrogens is 260 g/mol. The van der Waals surface area contributed by atoms with E-state index < -0.39 is 0 Å². The molecule has 0 amide bonds. The molecule has 2 aromatic heterocycles. The molecule has 2 aromatic rings. The average molecular weight is 281 g/mol. The van der Waals surface area contributed by atoms with E-state index in [2.05, 4.69) is 51.8 Å². The van der Waals surface area contributed by atoms with Crippen LogP contribution in [0.4, 0.5) is 0 Å². The van der Waals surface area contributed by atoms with Gasteiger partial charge >= 0.3 is 0 Å². The zero-order chi connectivity index (χ0) is 12.5. The molecule has 5 heteroatoms. The summed E-state index contributed by atoms with van der Waals surface area (Å²) < 4.78 is 2.21. The largest absolute Gasteiger partial charge is 0.312 e. The topological polar surface area (TPSA) is 32.6 Å². The molecule has 0 aliphatic carbocycles. The number of rotatable bonds is 2. The summed E-state index contributed by atoms with van der Waals surface area (Å²) in [4.78, 5) is 7.02. The Hall–Kier alpha value is -1.10. The summed E-state index contributed by atoms with van der Waals surface area (Å²) in [5.41, 5.74) is 3.59. The van der Waals surface area contributed by atoms with Gasteiger partial charge in [0, 0.05) is 38.4 Å². The smallest absolute Gasteiger partial charge is 0.139 e. The normalized spacial score (nSPS) is 20.4. The maximum Gasteiger partial charge on any atom is 0.139 e. The maximum absolute atomic E-state index is 4.52. The van der Waals surface area contributed by atoms with Crippen molar-refractivity contribution in [2.75, 3.05) is 19.6 Å². The summed E-state index contributed by atoms with van der Waals surface area (Å²) in [6, 6.07) is 4.78. The predicted octanol–water partition coefficient (Wildman–Crippen LogP) is 1.86. The molecular formula is C14H21ClN4. The first-order chi connectivity index (χ1) is 8.74. The van der Waals surface area contributed by atoms with Crippen LogP contribution in [0, 0.1) is 6.92 Å². The number of nitrogens with one attached hydrogen (secondary N) is 1. The molecule has 1 aliphatic heterocycles. The highest BCUT2D eigenvalue weighted by Crippen LogP contribution is 2.13. The van der Waals surface area contributed by atoms with Gasteiger partial charge in [-0.15, -0.1) is 12.4 Å². The quantitative estimate of drug-likeness (QED) is 0.911. The van der Waals surface area contributed by atoms with Crippen LogP contribution in [0.25, 0.3) is 5.65 Å². The molecule has 1 aliphatic rings. The molecule has 3 heterocycles. The van der Waals surface area contributed by atoms with Gasteiger partial charge in [0.15, 0.2) is 0 Å². The Balaban J connectivity index is 0.00000133. The third-order valence-corrected chi connectivity index (χ3v) is 3.65. The molecule has 4 nitrogen and oxygen atoms in total. The first kappa shape index (κ1) is 14.3. The van der Waals surface area contributed by atoms with E-state index >= 15 is 0 Å². The third-order valence-electron chi connectivity index (χ3n) is 3.65. The van der Waals surface area contributed by atoms with Crippen LogP contribution in [0.3, 0.4) is 0 Å². The van der Waals surface area contributed by atoms with Gasteiger partial charge in [-0.2, -0.15) is 0 Å². The Morgan fingerprint density at radius 1 is 1.47 bits per heavy atom. The van der Waals surface area contributed by atoms with Crippen LogP contribution in [0.2, 0.25) is 0 Å². The van der Waals surface area contributed by atoms with E-state index in [0.717, 1.165) is 31.8 Å². The number of nitrogens with zero attached hydrogens (tertiary/aromatic N) is 3. The SMILES string of the molecule is Cc1cccn2c(CN3CCN[C@@H](C)C3)cnc12.Cl. The first-order valence-electron chi connectivity index (χ1n) is 6.61. The van der Waals surface area contributed by atoms with Crippen molar-refractivity contribution in [1.29, 1.82) is 0 Å². The first-order valence-corrected chi connectivity index (χ1v) is 6.61. The summed E-state index contributed by atoms with van der Waals surface area (Å²) in [6.45, 7) is 8.64. The van der Waals surface area contributed by atoms with Crippen LogP contribution in [0.1, 0.15) is 18.2 Å². The van der Waals surface area contributed by atoms with E-state index in [-0.39, 0.29) is 12.4 Å². The van der Waals surface area contributed by atoms with Gasteiger partial charge in [-0.25, -0.2) is 4.98 Å².